The third-order valence-electron chi connectivity index (χ3n) is 7.69. The molecule has 10 heteroatoms. The third-order valence-corrected chi connectivity index (χ3v) is 7.69. The fraction of sp³-hybridized carbons (Fsp3) is 0.393. The molecule has 0 bridgehead atoms. The number of carbonyl (C=O) groups is 4. The zero-order valence-corrected chi connectivity index (χ0v) is 21.0. The second kappa shape index (κ2) is 9.59. The molecule has 0 radical (unpaired) electrons. The number of carbonyl (C=O) groups excluding carboxylic acids is 4. The van der Waals surface area contributed by atoms with Gasteiger partial charge in [-0.05, 0) is 43.9 Å². The molecule has 38 heavy (non-hydrogen) atoms. The van der Waals surface area contributed by atoms with Crippen molar-refractivity contribution in [3.8, 4) is 5.95 Å². The van der Waals surface area contributed by atoms with Crippen molar-refractivity contribution in [1.82, 2.24) is 20.1 Å². The van der Waals surface area contributed by atoms with Gasteiger partial charge in [-0.25, -0.2) is 4.79 Å². The lowest BCUT2D eigenvalue weighted by molar-refractivity contribution is -0.138. The number of hydrogen-bond acceptors (Lipinski definition) is 7. The van der Waals surface area contributed by atoms with Crippen molar-refractivity contribution in [3.05, 3.63) is 59.9 Å². The molecule has 3 fully saturated rings. The molecule has 3 aliphatic rings. The number of amides is 3. The number of benzene rings is 1. The second-order valence-electron chi connectivity index (χ2n) is 10.2. The SMILES string of the molecule is Cc1c(OC(=O)NC(CC2CC2)C(=O)N2CCC3C2C(=O)CN3C(=O)c2ccccn2)oc2ccccc12. The molecule has 2 saturated heterocycles. The molecule has 3 unspecified atom stereocenters. The van der Waals surface area contributed by atoms with Crippen LogP contribution in [0.15, 0.2) is 53.1 Å². The predicted molar refractivity (Wildman–Crippen MR) is 135 cm³/mol. The van der Waals surface area contributed by atoms with E-state index in [0.29, 0.717) is 36.5 Å². The number of ketones is 1. The summed E-state index contributed by atoms with van der Waals surface area (Å²) in [5.74, 6) is -0.425. The van der Waals surface area contributed by atoms with Gasteiger partial charge in [0.15, 0.2) is 5.78 Å². The number of ether oxygens (including phenoxy) is 1. The smallest absolute Gasteiger partial charge is 0.415 e. The summed E-state index contributed by atoms with van der Waals surface area (Å²) < 4.78 is 11.1. The first-order chi connectivity index (χ1) is 18.4. The van der Waals surface area contributed by atoms with Crippen LogP contribution >= 0.6 is 0 Å². The number of hydrogen-bond donors (Lipinski definition) is 1. The molecule has 196 valence electrons. The van der Waals surface area contributed by atoms with Gasteiger partial charge in [0.2, 0.25) is 5.91 Å². The van der Waals surface area contributed by atoms with Gasteiger partial charge in [-0.2, -0.15) is 0 Å². The van der Waals surface area contributed by atoms with Gasteiger partial charge in [-0.3, -0.25) is 19.4 Å². The largest absolute Gasteiger partial charge is 0.425 e. The van der Waals surface area contributed by atoms with Crippen LogP contribution in [-0.2, 0) is 9.59 Å². The van der Waals surface area contributed by atoms with E-state index in [4.69, 9.17) is 9.15 Å². The van der Waals surface area contributed by atoms with Gasteiger partial charge in [0, 0.05) is 23.7 Å². The molecule has 1 aliphatic carbocycles. The van der Waals surface area contributed by atoms with Crippen LogP contribution in [0.3, 0.4) is 0 Å². The number of pyridine rings is 1. The molecular weight excluding hydrogens is 488 g/mol. The van der Waals surface area contributed by atoms with E-state index in [2.05, 4.69) is 10.3 Å². The zero-order chi connectivity index (χ0) is 26.4. The Balaban J connectivity index is 1.17. The van der Waals surface area contributed by atoms with Gasteiger partial charge >= 0.3 is 6.09 Å². The molecule has 3 aromatic rings. The number of fused-ring (bicyclic) bond motifs is 2. The number of aromatic nitrogens is 1. The molecule has 10 nitrogen and oxygen atoms in total. The molecule has 1 aromatic carbocycles. The number of Topliss-reactive ketones (excluding diaryl/α,β-unsaturated/α-hetero) is 1. The maximum atomic E-state index is 13.7. The van der Waals surface area contributed by atoms with E-state index in [0.717, 1.165) is 18.2 Å². The topological polar surface area (TPSA) is 122 Å². The Bertz CT molecular complexity index is 1420. The lowest BCUT2D eigenvalue weighted by Crippen LogP contribution is -2.53. The number of para-hydroxylation sites is 1. The van der Waals surface area contributed by atoms with E-state index >= 15 is 0 Å². The highest BCUT2D eigenvalue weighted by molar-refractivity contribution is 6.02. The van der Waals surface area contributed by atoms with Crippen LogP contribution in [0.2, 0.25) is 0 Å². The number of aryl methyl sites for hydroxylation is 1. The van der Waals surface area contributed by atoms with Gasteiger partial charge < -0.3 is 24.3 Å². The maximum Gasteiger partial charge on any atom is 0.415 e. The monoisotopic (exact) mass is 516 g/mol. The van der Waals surface area contributed by atoms with Gasteiger partial charge in [-0.1, -0.05) is 37.1 Å². The van der Waals surface area contributed by atoms with E-state index in [1.165, 1.54) is 16.0 Å². The molecule has 3 amide bonds. The Morgan fingerprint density at radius 1 is 1.11 bits per heavy atom. The lowest BCUT2D eigenvalue weighted by atomic mass is 10.1. The summed E-state index contributed by atoms with van der Waals surface area (Å²) in [6.07, 6.45) is 3.67. The van der Waals surface area contributed by atoms with Crippen molar-refractivity contribution in [2.45, 2.75) is 50.7 Å². The highest BCUT2D eigenvalue weighted by atomic mass is 16.6. The summed E-state index contributed by atoms with van der Waals surface area (Å²) in [6.45, 7) is 2.06. The van der Waals surface area contributed by atoms with Crippen LogP contribution in [-0.4, -0.2) is 69.7 Å². The molecule has 1 saturated carbocycles. The average molecular weight is 517 g/mol. The first kappa shape index (κ1) is 24.1. The van der Waals surface area contributed by atoms with Crippen LogP contribution in [0.5, 0.6) is 5.95 Å². The fourth-order valence-electron chi connectivity index (χ4n) is 5.59. The van der Waals surface area contributed by atoms with Crippen LogP contribution < -0.4 is 10.1 Å². The summed E-state index contributed by atoms with van der Waals surface area (Å²) in [7, 11) is 0. The summed E-state index contributed by atoms with van der Waals surface area (Å²) in [5, 5.41) is 3.57. The molecule has 4 heterocycles. The summed E-state index contributed by atoms with van der Waals surface area (Å²) in [4.78, 5) is 59.8. The van der Waals surface area contributed by atoms with Crippen molar-refractivity contribution in [2.75, 3.05) is 13.1 Å². The Labute approximate surface area is 218 Å². The number of nitrogens with zero attached hydrogens (tertiary/aromatic N) is 3. The lowest BCUT2D eigenvalue weighted by Gasteiger charge is -2.28. The normalized spacial score (nSPS) is 21.4. The van der Waals surface area contributed by atoms with Crippen LogP contribution in [0.1, 0.15) is 41.7 Å². The van der Waals surface area contributed by atoms with Crippen molar-refractivity contribution >= 4 is 34.7 Å². The van der Waals surface area contributed by atoms with Gasteiger partial charge in [0.05, 0.1) is 12.6 Å². The van der Waals surface area contributed by atoms with Crippen molar-refractivity contribution in [3.63, 3.8) is 0 Å². The van der Waals surface area contributed by atoms with Crippen molar-refractivity contribution in [2.24, 2.45) is 5.92 Å². The van der Waals surface area contributed by atoms with E-state index in [1.807, 2.05) is 18.2 Å². The first-order valence-corrected chi connectivity index (χ1v) is 12.9. The minimum absolute atomic E-state index is 0.0669. The van der Waals surface area contributed by atoms with Gasteiger partial charge in [0.1, 0.15) is 23.4 Å². The molecular formula is C28H28N4O6. The predicted octanol–water partition coefficient (Wildman–Crippen LogP) is 3.09. The first-order valence-electron chi connectivity index (χ1n) is 12.9. The number of rotatable bonds is 6. The van der Waals surface area contributed by atoms with E-state index in [9.17, 15) is 19.2 Å². The fourth-order valence-corrected chi connectivity index (χ4v) is 5.59. The highest BCUT2D eigenvalue weighted by Crippen LogP contribution is 2.36. The van der Waals surface area contributed by atoms with Crippen molar-refractivity contribution < 1.29 is 28.3 Å². The number of nitrogens with one attached hydrogen (secondary N) is 1. The molecule has 3 atom stereocenters. The third kappa shape index (κ3) is 4.40. The summed E-state index contributed by atoms with van der Waals surface area (Å²) in [5.41, 5.74) is 1.56. The summed E-state index contributed by atoms with van der Waals surface area (Å²) in [6, 6.07) is 10.4. The van der Waals surface area contributed by atoms with E-state index < -0.39 is 24.2 Å². The molecule has 2 aliphatic heterocycles. The minimum atomic E-state index is -0.841. The molecule has 6 rings (SSSR count). The number of likely N-dealkylation sites (tertiary alicyclic amines) is 2. The second-order valence-corrected chi connectivity index (χ2v) is 10.2. The van der Waals surface area contributed by atoms with Gasteiger partial charge in [0.25, 0.3) is 11.9 Å². The molecule has 2 aromatic heterocycles. The molecule has 0 spiro atoms. The van der Waals surface area contributed by atoms with Crippen LogP contribution in [0.25, 0.3) is 11.0 Å². The Morgan fingerprint density at radius 2 is 1.89 bits per heavy atom. The Morgan fingerprint density at radius 3 is 2.63 bits per heavy atom. The Kier molecular flexibility index (Phi) is 6.09. The van der Waals surface area contributed by atoms with Gasteiger partial charge in [-0.15, -0.1) is 0 Å². The molecule has 1 N–H and O–H groups in total. The standard InChI is InChI=1S/C28H28N4O6/c1-16-18-6-2-3-8-23(18)37-27(16)38-28(36)30-20(14-17-9-10-17)26(35)31-13-11-21-24(31)22(33)15-32(21)25(34)19-7-4-5-12-29-19/h2-8,12,17,20-21,24H,9-11,13-15H2,1H3,(H,30,36). The van der Waals surface area contributed by atoms with Crippen LogP contribution in [0, 0.1) is 12.8 Å². The Hall–Kier alpha value is -4.21. The minimum Gasteiger partial charge on any atom is -0.425 e. The average Bonchev–Trinajstić information content (AvgIpc) is 3.41. The van der Waals surface area contributed by atoms with Crippen LogP contribution in [0.4, 0.5) is 4.79 Å². The maximum absolute atomic E-state index is 13.7. The zero-order valence-electron chi connectivity index (χ0n) is 21.0. The quantitative estimate of drug-likeness (QED) is 0.534. The number of furan rings is 1. The van der Waals surface area contributed by atoms with Crippen molar-refractivity contribution in [1.29, 1.82) is 0 Å². The van der Waals surface area contributed by atoms with E-state index in [-0.39, 0.29) is 35.8 Å². The highest BCUT2D eigenvalue weighted by Gasteiger charge is 2.52. The summed E-state index contributed by atoms with van der Waals surface area (Å²) >= 11 is 0. The van der Waals surface area contributed by atoms with E-state index in [1.54, 1.807) is 31.2 Å².